The van der Waals surface area contributed by atoms with Crippen molar-refractivity contribution in [1.29, 1.82) is 0 Å². The van der Waals surface area contributed by atoms with Crippen LogP contribution in [0.3, 0.4) is 0 Å². The zero-order valence-electron chi connectivity index (χ0n) is 11.6. The summed E-state index contributed by atoms with van der Waals surface area (Å²) < 4.78 is 15.5. The molecule has 3 rings (SSSR count). The highest BCUT2D eigenvalue weighted by atomic mass is 19.1. The van der Waals surface area contributed by atoms with E-state index in [0.29, 0.717) is 17.0 Å². The normalized spacial score (nSPS) is 11.0. The van der Waals surface area contributed by atoms with Gasteiger partial charge in [-0.1, -0.05) is 0 Å². The van der Waals surface area contributed by atoms with E-state index in [2.05, 4.69) is 9.97 Å². The number of hydrogen-bond donors (Lipinski definition) is 0. The predicted octanol–water partition coefficient (Wildman–Crippen LogP) is 2.91. The van der Waals surface area contributed by atoms with Gasteiger partial charge in [-0.3, -0.25) is 4.98 Å². The molecule has 0 fully saturated rings. The maximum atomic E-state index is 13.6. The van der Waals surface area contributed by atoms with Crippen molar-refractivity contribution in [2.24, 2.45) is 0 Å². The Kier molecular flexibility index (Phi) is 2.89. The smallest absolute Gasteiger partial charge is 0.145 e. The van der Waals surface area contributed by atoms with Crippen molar-refractivity contribution >= 4 is 11.3 Å². The molecule has 0 spiro atoms. The number of nitrogens with zero attached hydrogens (tertiary/aromatic N) is 4. The average molecular weight is 270 g/mol. The largest absolute Gasteiger partial charge is 0.378 e. The highest BCUT2D eigenvalue weighted by Gasteiger charge is 2.08. The van der Waals surface area contributed by atoms with Gasteiger partial charge in [0.05, 0.1) is 11.4 Å². The molecule has 0 saturated heterocycles. The summed E-state index contributed by atoms with van der Waals surface area (Å²) in [6.07, 6.45) is 5.47. The molecule has 0 atom stereocenters. The number of aryl methyl sites for hydroxylation is 1. The monoisotopic (exact) mass is 270 g/mol. The molecular formula is C15H15FN4. The third-order valence-electron chi connectivity index (χ3n) is 3.28. The minimum absolute atomic E-state index is 0.312. The third-order valence-corrected chi connectivity index (χ3v) is 3.28. The molecule has 0 aromatic carbocycles. The second-order valence-electron chi connectivity index (χ2n) is 4.96. The van der Waals surface area contributed by atoms with Gasteiger partial charge < -0.3 is 9.30 Å². The van der Waals surface area contributed by atoms with Gasteiger partial charge in [0, 0.05) is 50.0 Å². The van der Waals surface area contributed by atoms with Gasteiger partial charge in [-0.2, -0.15) is 0 Å². The molecule has 3 aromatic heterocycles. The first-order valence-corrected chi connectivity index (χ1v) is 6.33. The Bertz CT molecular complexity index is 777. The summed E-state index contributed by atoms with van der Waals surface area (Å²) in [7, 11) is 3.96. The van der Waals surface area contributed by atoms with Crippen molar-refractivity contribution in [1.82, 2.24) is 14.4 Å². The Morgan fingerprint density at radius 3 is 2.75 bits per heavy atom. The van der Waals surface area contributed by atoms with Crippen molar-refractivity contribution in [3.8, 4) is 11.3 Å². The van der Waals surface area contributed by atoms with Crippen LogP contribution in [-0.4, -0.2) is 28.5 Å². The highest BCUT2D eigenvalue weighted by Crippen LogP contribution is 2.22. The number of halogens is 1. The minimum Gasteiger partial charge on any atom is -0.378 e. The fourth-order valence-electron chi connectivity index (χ4n) is 2.03. The number of aromatic nitrogens is 3. The maximum Gasteiger partial charge on any atom is 0.145 e. The number of pyridine rings is 2. The van der Waals surface area contributed by atoms with Gasteiger partial charge in [-0.05, 0) is 19.1 Å². The summed E-state index contributed by atoms with van der Waals surface area (Å²) in [6, 6.07) is 5.46. The molecule has 0 aliphatic heterocycles. The summed E-state index contributed by atoms with van der Waals surface area (Å²) >= 11 is 0. The summed E-state index contributed by atoms with van der Waals surface area (Å²) in [6.45, 7) is 1.64. The molecule has 0 saturated carbocycles. The summed E-state index contributed by atoms with van der Waals surface area (Å²) in [4.78, 5) is 10.6. The molecule has 0 bridgehead atoms. The van der Waals surface area contributed by atoms with E-state index in [4.69, 9.17) is 0 Å². The van der Waals surface area contributed by atoms with Crippen molar-refractivity contribution in [3.63, 3.8) is 0 Å². The lowest BCUT2D eigenvalue weighted by molar-refractivity contribution is 0.610. The lowest BCUT2D eigenvalue weighted by atomic mass is 10.2. The number of fused-ring (bicyclic) bond motifs is 1. The third kappa shape index (κ3) is 2.11. The molecular weight excluding hydrogens is 255 g/mol. The Morgan fingerprint density at radius 2 is 2.05 bits per heavy atom. The molecule has 3 aromatic rings. The van der Waals surface area contributed by atoms with E-state index >= 15 is 0 Å². The summed E-state index contributed by atoms with van der Waals surface area (Å²) in [5.41, 5.74) is 3.69. The Balaban J connectivity index is 2.10. The van der Waals surface area contributed by atoms with Gasteiger partial charge in [-0.25, -0.2) is 9.37 Å². The van der Waals surface area contributed by atoms with Gasteiger partial charge in [0.15, 0.2) is 0 Å². The number of imidazole rings is 1. The lowest BCUT2D eigenvalue weighted by Gasteiger charge is -2.11. The topological polar surface area (TPSA) is 33.4 Å². The van der Waals surface area contributed by atoms with E-state index < -0.39 is 0 Å². The quantitative estimate of drug-likeness (QED) is 0.718. The first-order valence-electron chi connectivity index (χ1n) is 6.33. The van der Waals surface area contributed by atoms with E-state index in [1.807, 2.05) is 47.9 Å². The van der Waals surface area contributed by atoms with Gasteiger partial charge in [0.2, 0.25) is 0 Å². The summed E-state index contributed by atoms with van der Waals surface area (Å²) in [5, 5.41) is 0. The van der Waals surface area contributed by atoms with Crippen LogP contribution in [0.2, 0.25) is 0 Å². The lowest BCUT2D eigenvalue weighted by Crippen LogP contribution is -2.08. The van der Waals surface area contributed by atoms with Gasteiger partial charge in [0.25, 0.3) is 0 Å². The SMILES string of the molecule is Cc1ncc(-c2cn3ccc(N(C)C)cc3n2)cc1F. The number of rotatable bonds is 2. The summed E-state index contributed by atoms with van der Waals surface area (Å²) in [5.74, 6) is -0.312. The standard InChI is InChI=1S/C15H15FN4/c1-10-13(16)6-11(8-17-10)14-9-20-5-4-12(19(2)3)7-15(20)18-14/h4-9H,1-3H3. The molecule has 0 aliphatic rings. The fourth-order valence-corrected chi connectivity index (χ4v) is 2.03. The zero-order valence-corrected chi connectivity index (χ0v) is 11.6. The zero-order chi connectivity index (χ0) is 14.3. The van der Waals surface area contributed by atoms with Crippen LogP contribution in [-0.2, 0) is 0 Å². The fraction of sp³-hybridized carbons (Fsp3) is 0.200. The molecule has 0 N–H and O–H groups in total. The Hall–Kier alpha value is -2.43. The first-order chi connectivity index (χ1) is 9.54. The van der Waals surface area contributed by atoms with Crippen LogP contribution in [0.4, 0.5) is 10.1 Å². The molecule has 0 aliphatic carbocycles. The molecule has 0 amide bonds. The van der Waals surface area contributed by atoms with Gasteiger partial charge in [-0.15, -0.1) is 0 Å². The van der Waals surface area contributed by atoms with E-state index in [0.717, 1.165) is 11.3 Å². The van der Waals surface area contributed by atoms with Crippen LogP contribution in [0.1, 0.15) is 5.69 Å². The van der Waals surface area contributed by atoms with Gasteiger partial charge in [0.1, 0.15) is 11.5 Å². The first kappa shape index (κ1) is 12.6. The van der Waals surface area contributed by atoms with Crippen LogP contribution in [0.25, 0.3) is 16.9 Å². The van der Waals surface area contributed by atoms with Crippen LogP contribution in [0.5, 0.6) is 0 Å². The van der Waals surface area contributed by atoms with Crippen molar-refractivity contribution in [3.05, 3.63) is 48.3 Å². The van der Waals surface area contributed by atoms with E-state index in [9.17, 15) is 4.39 Å². The van der Waals surface area contributed by atoms with Crippen LogP contribution >= 0.6 is 0 Å². The second-order valence-corrected chi connectivity index (χ2v) is 4.96. The maximum absolute atomic E-state index is 13.6. The van der Waals surface area contributed by atoms with E-state index in [1.54, 1.807) is 13.1 Å². The van der Waals surface area contributed by atoms with E-state index in [1.165, 1.54) is 6.07 Å². The molecule has 5 heteroatoms. The van der Waals surface area contributed by atoms with Crippen LogP contribution < -0.4 is 4.90 Å². The molecule has 20 heavy (non-hydrogen) atoms. The highest BCUT2D eigenvalue weighted by molar-refractivity contribution is 5.64. The van der Waals surface area contributed by atoms with E-state index in [-0.39, 0.29) is 5.82 Å². The second kappa shape index (κ2) is 4.59. The molecule has 0 radical (unpaired) electrons. The minimum atomic E-state index is -0.312. The predicted molar refractivity (Wildman–Crippen MR) is 77.4 cm³/mol. The van der Waals surface area contributed by atoms with Crippen molar-refractivity contribution in [2.75, 3.05) is 19.0 Å². The van der Waals surface area contributed by atoms with Crippen molar-refractivity contribution < 1.29 is 4.39 Å². The van der Waals surface area contributed by atoms with Gasteiger partial charge >= 0.3 is 0 Å². The Morgan fingerprint density at radius 1 is 1.25 bits per heavy atom. The number of hydrogen-bond acceptors (Lipinski definition) is 3. The molecule has 4 nitrogen and oxygen atoms in total. The molecule has 0 unspecified atom stereocenters. The van der Waals surface area contributed by atoms with Crippen LogP contribution in [0, 0.1) is 12.7 Å². The van der Waals surface area contributed by atoms with Crippen molar-refractivity contribution in [2.45, 2.75) is 6.92 Å². The number of anilines is 1. The van der Waals surface area contributed by atoms with Crippen LogP contribution in [0.15, 0.2) is 36.8 Å². The molecule has 102 valence electrons. The Labute approximate surface area is 116 Å². The molecule has 3 heterocycles. The average Bonchev–Trinajstić information content (AvgIpc) is 2.84.